The molecule has 5 heteroatoms. The molecule has 3 nitrogen and oxygen atoms in total. The molecule has 1 aliphatic heterocycles. The highest BCUT2D eigenvalue weighted by Crippen LogP contribution is 2.43. The van der Waals surface area contributed by atoms with Gasteiger partial charge in [0, 0.05) is 12.5 Å². The van der Waals surface area contributed by atoms with Gasteiger partial charge in [0.05, 0.1) is 0 Å². The molecule has 0 atom stereocenters. The van der Waals surface area contributed by atoms with E-state index in [0.717, 1.165) is 13.0 Å². The number of benzene rings is 1. The van der Waals surface area contributed by atoms with Crippen LogP contribution in [0, 0.1) is 0 Å². The molecule has 1 N–H and O–H groups in total. The predicted molar refractivity (Wildman–Crippen MR) is 48.7 cm³/mol. The maximum Gasteiger partial charge on any atom is 0.270 e. The Bertz CT molecular complexity index is 385. The van der Waals surface area contributed by atoms with Gasteiger partial charge in [-0.15, -0.1) is 0 Å². The van der Waals surface area contributed by atoms with Crippen molar-refractivity contribution in [3.63, 3.8) is 0 Å². The number of fused-ring (bicyclic) bond motifs is 1. The maximum absolute atomic E-state index is 13.0. The second kappa shape index (κ2) is 3.25. The summed E-state index contributed by atoms with van der Waals surface area (Å²) >= 11 is 0. The Morgan fingerprint density at radius 3 is 2.60 bits per heavy atom. The topological polar surface area (TPSA) is 38.7 Å². The van der Waals surface area contributed by atoms with Crippen molar-refractivity contribution < 1.29 is 23.4 Å². The number of hydrogen-bond donors (Lipinski definition) is 1. The summed E-state index contributed by atoms with van der Waals surface area (Å²) in [5.41, 5.74) is -0.288. The van der Waals surface area contributed by atoms with Crippen LogP contribution in [0.3, 0.4) is 0 Å². The monoisotopic (exact) mass is 216 g/mol. The van der Waals surface area contributed by atoms with Gasteiger partial charge in [0.15, 0.2) is 11.5 Å². The molecule has 0 fully saturated rings. The molecular weight excluding hydrogens is 206 g/mol. The Morgan fingerprint density at radius 1 is 1.27 bits per heavy atom. The molecule has 0 amide bonds. The summed E-state index contributed by atoms with van der Waals surface area (Å²) in [6.07, 6.45) is 0. The zero-order valence-corrected chi connectivity index (χ0v) is 8.09. The van der Waals surface area contributed by atoms with Crippen LogP contribution in [-0.4, -0.2) is 18.3 Å². The van der Waals surface area contributed by atoms with E-state index in [0.29, 0.717) is 13.2 Å². The van der Waals surface area contributed by atoms with E-state index >= 15 is 0 Å². The SMILES string of the molecule is CC(F)(F)c1cc(O)c2c(c1)OCCO2. The lowest BCUT2D eigenvalue weighted by Gasteiger charge is -2.21. The summed E-state index contributed by atoms with van der Waals surface area (Å²) < 4.78 is 36.2. The summed E-state index contributed by atoms with van der Waals surface area (Å²) in [5, 5.41) is 9.46. The van der Waals surface area contributed by atoms with Gasteiger partial charge in [-0.05, 0) is 12.1 Å². The van der Waals surface area contributed by atoms with Crippen LogP contribution >= 0.6 is 0 Å². The molecule has 82 valence electrons. The summed E-state index contributed by atoms with van der Waals surface area (Å²) in [6.45, 7) is 1.37. The first-order valence-electron chi connectivity index (χ1n) is 4.49. The van der Waals surface area contributed by atoms with E-state index in [1.54, 1.807) is 0 Å². The van der Waals surface area contributed by atoms with E-state index in [2.05, 4.69) is 0 Å². The molecule has 0 saturated carbocycles. The fourth-order valence-electron chi connectivity index (χ4n) is 1.39. The van der Waals surface area contributed by atoms with Gasteiger partial charge < -0.3 is 14.6 Å². The van der Waals surface area contributed by atoms with Crippen molar-refractivity contribution in [3.05, 3.63) is 17.7 Å². The van der Waals surface area contributed by atoms with Gasteiger partial charge in [0.1, 0.15) is 13.2 Å². The minimum absolute atomic E-state index is 0.134. The third-order valence-electron chi connectivity index (χ3n) is 2.13. The quantitative estimate of drug-likeness (QED) is 0.782. The molecule has 0 unspecified atom stereocenters. The lowest BCUT2D eigenvalue weighted by Crippen LogP contribution is -2.16. The molecule has 15 heavy (non-hydrogen) atoms. The van der Waals surface area contributed by atoms with E-state index < -0.39 is 5.92 Å². The third kappa shape index (κ3) is 1.82. The summed E-state index contributed by atoms with van der Waals surface area (Å²) in [4.78, 5) is 0. The Labute approximate surface area is 85.2 Å². The van der Waals surface area contributed by atoms with E-state index in [4.69, 9.17) is 9.47 Å². The molecule has 2 rings (SSSR count). The molecule has 0 aromatic heterocycles. The number of alkyl halides is 2. The second-order valence-corrected chi connectivity index (χ2v) is 3.41. The van der Waals surface area contributed by atoms with Gasteiger partial charge in [0.2, 0.25) is 5.75 Å². The fraction of sp³-hybridized carbons (Fsp3) is 0.400. The third-order valence-corrected chi connectivity index (χ3v) is 2.13. The minimum Gasteiger partial charge on any atom is -0.504 e. The van der Waals surface area contributed by atoms with Crippen molar-refractivity contribution in [2.45, 2.75) is 12.8 Å². The Morgan fingerprint density at radius 2 is 1.93 bits per heavy atom. The number of phenolic OH excluding ortho intramolecular Hbond substituents is 1. The number of rotatable bonds is 1. The van der Waals surface area contributed by atoms with Crippen molar-refractivity contribution >= 4 is 0 Å². The van der Waals surface area contributed by atoms with Crippen LogP contribution in [0.1, 0.15) is 12.5 Å². The predicted octanol–water partition coefficient (Wildman–Crippen LogP) is 2.28. The summed E-state index contributed by atoms with van der Waals surface area (Å²) in [5.74, 6) is -3.02. The van der Waals surface area contributed by atoms with Crippen molar-refractivity contribution in [1.82, 2.24) is 0 Å². The van der Waals surface area contributed by atoms with Crippen LogP contribution in [0.4, 0.5) is 8.78 Å². The highest BCUT2D eigenvalue weighted by molar-refractivity contribution is 5.54. The molecule has 0 radical (unpaired) electrons. The lowest BCUT2D eigenvalue weighted by molar-refractivity contribution is 0.0166. The molecular formula is C10H10F2O3. The zero-order valence-electron chi connectivity index (χ0n) is 8.09. The van der Waals surface area contributed by atoms with Crippen LogP contribution in [-0.2, 0) is 5.92 Å². The Balaban J connectivity index is 2.50. The minimum atomic E-state index is -3.01. The number of halogens is 2. The van der Waals surface area contributed by atoms with Gasteiger partial charge in [-0.1, -0.05) is 0 Å². The van der Waals surface area contributed by atoms with Crippen LogP contribution in [0.25, 0.3) is 0 Å². The number of hydrogen-bond acceptors (Lipinski definition) is 3. The molecule has 1 heterocycles. The zero-order chi connectivity index (χ0) is 11.1. The van der Waals surface area contributed by atoms with Crippen LogP contribution in [0.2, 0.25) is 0 Å². The van der Waals surface area contributed by atoms with Gasteiger partial charge >= 0.3 is 0 Å². The summed E-state index contributed by atoms with van der Waals surface area (Å²) in [6, 6.07) is 2.18. The van der Waals surface area contributed by atoms with E-state index in [9.17, 15) is 13.9 Å². The number of phenols is 1. The highest BCUT2D eigenvalue weighted by Gasteiger charge is 2.28. The first-order chi connectivity index (χ1) is 6.98. The molecule has 0 saturated heterocycles. The first-order valence-corrected chi connectivity index (χ1v) is 4.49. The molecule has 1 aromatic carbocycles. The molecule has 0 aliphatic carbocycles. The molecule has 0 spiro atoms. The van der Waals surface area contributed by atoms with Crippen molar-refractivity contribution in [3.8, 4) is 17.2 Å². The van der Waals surface area contributed by atoms with E-state index in [-0.39, 0.29) is 22.8 Å². The van der Waals surface area contributed by atoms with Gasteiger partial charge in [-0.25, -0.2) is 8.78 Å². The number of ether oxygens (including phenoxy) is 2. The van der Waals surface area contributed by atoms with Crippen molar-refractivity contribution in [2.24, 2.45) is 0 Å². The van der Waals surface area contributed by atoms with Crippen molar-refractivity contribution in [2.75, 3.05) is 13.2 Å². The molecule has 1 aromatic rings. The second-order valence-electron chi connectivity index (χ2n) is 3.41. The standard InChI is InChI=1S/C10H10F2O3/c1-10(11,12)6-4-7(13)9-8(5-6)14-2-3-15-9/h4-5,13H,2-3H2,1H3. The average Bonchev–Trinajstić information content (AvgIpc) is 2.16. The summed E-state index contributed by atoms with van der Waals surface area (Å²) in [7, 11) is 0. The first kappa shape index (κ1) is 10.0. The molecule has 1 aliphatic rings. The van der Waals surface area contributed by atoms with E-state index in [1.165, 1.54) is 6.07 Å². The highest BCUT2D eigenvalue weighted by atomic mass is 19.3. The van der Waals surface area contributed by atoms with Gasteiger partial charge in [-0.3, -0.25) is 0 Å². The smallest absolute Gasteiger partial charge is 0.270 e. The lowest BCUT2D eigenvalue weighted by atomic mass is 10.1. The maximum atomic E-state index is 13.0. The Kier molecular flexibility index (Phi) is 2.17. The van der Waals surface area contributed by atoms with Crippen LogP contribution in [0.15, 0.2) is 12.1 Å². The largest absolute Gasteiger partial charge is 0.504 e. The normalized spacial score (nSPS) is 15.1. The molecule has 0 bridgehead atoms. The average molecular weight is 216 g/mol. The van der Waals surface area contributed by atoms with Crippen molar-refractivity contribution in [1.29, 1.82) is 0 Å². The fourth-order valence-corrected chi connectivity index (χ4v) is 1.39. The van der Waals surface area contributed by atoms with Crippen LogP contribution < -0.4 is 9.47 Å². The van der Waals surface area contributed by atoms with Gasteiger partial charge in [0.25, 0.3) is 5.92 Å². The van der Waals surface area contributed by atoms with E-state index in [1.807, 2.05) is 0 Å². The van der Waals surface area contributed by atoms with Gasteiger partial charge in [-0.2, -0.15) is 0 Å². The number of aromatic hydroxyl groups is 1. The van der Waals surface area contributed by atoms with Crippen LogP contribution in [0.5, 0.6) is 17.2 Å². The Hall–Kier alpha value is -1.52.